The number of benzene rings is 2. The molecular weight excluding hydrogens is 390 g/mol. The minimum absolute atomic E-state index is 0.0801. The number of carbonyl (C=O) groups is 1. The van der Waals surface area contributed by atoms with Gasteiger partial charge in [-0.3, -0.25) is 9.08 Å². The first-order valence-electron chi connectivity index (χ1n) is 10.00. The molecule has 162 valence electrons. The van der Waals surface area contributed by atoms with Crippen molar-refractivity contribution in [2.75, 3.05) is 20.2 Å². The smallest absolute Gasteiger partial charge is 0.253 e. The van der Waals surface area contributed by atoms with E-state index in [1.54, 1.807) is 24.1 Å². The number of hydrogen-bond acceptors (Lipinski definition) is 4. The number of hydrogen-bond donors (Lipinski definition) is 2. The second-order valence-corrected chi connectivity index (χ2v) is 6.32. The monoisotopic (exact) mass is 423 g/mol. The zero-order valence-electron chi connectivity index (χ0n) is 18.3. The Balaban J connectivity index is 0.00000184. The highest BCUT2D eigenvalue weighted by Gasteiger charge is 2.20. The van der Waals surface area contributed by atoms with Crippen LogP contribution in [-0.4, -0.2) is 41.2 Å². The Kier molecular flexibility index (Phi) is 13.6. The highest BCUT2D eigenvalue weighted by Crippen LogP contribution is 2.30. The Morgan fingerprint density at radius 1 is 1.07 bits per heavy atom. The van der Waals surface area contributed by atoms with E-state index < -0.39 is 0 Å². The molecule has 2 rings (SSSR count). The maximum absolute atomic E-state index is 12.6. The molecule has 0 saturated heterocycles. The summed E-state index contributed by atoms with van der Waals surface area (Å²) in [6.45, 7) is 10.7. The van der Waals surface area contributed by atoms with E-state index in [9.17, 15) is 15.0 Å². The van der Waals surface area contributed by atoms with Crippen LogP contribution in [0, 0.1) is 6.92 Å². The number of phenols is 2. The third-order valence-corrected chi connectivity index (χ3v) is 4.27. The number of aryl methyl sites for hydroxylation is 1. The van der Waals surface area contributed by atoms with Gasteiger partial charge in [0.15, 0.2) is 11.5 Å². The summed E-state index contributed by atoms with van der Waals surface area (Å²) in [5.41, 5.74) is 2.45. The molecule has 1 atom stereocenters. The zero-order chi connectivity index (χ0) is 22.4. The highest BCUT2D eigenvalue weighted by atomic mass is 35.5. The number of amides is 1. The summed E-state index contributed by atoms with van der Waals surface area (Å²) < 4.78 is 4.65. The molecular formula is C23H34ClNO4. The molecule has 2 N–H and O–H groups in total. The fourth-order valence-corrected chi connectivity index (χ4v) is 2.85. The molecule has 1 unspecified atom stereocenters. The van der Waals surface area contributed by atoms with Gasteiger partial charge in [-0.05, 0) is 43.2 Å². The number of rotatable bonds is 7. The molecule has 0 heterocycles. The van der Waals surface area contributed by atoms with Crippen molar-refractivity contribution in [3.8, 4) is 11.5 Å². The van der Waals surface area contributed by atoms with Crippen molar-refractivity contribution in [2.24, 2.45) is 0 Å². The van der Waals surface area contributed by atoms with E-state index in [-0.39, 0.29) is 23.3 Å². The Bertz CT molecular complexity index is 737. The Morgan fingerprint density at radius 2 is 1.72 bits per heavy atom. The standard InChI is InChI=1S/C19H22ClNO4.2C2H6/c1-13-4-3-5-15(10-13)19(24)21(2)12-16(8-9-25-20)14-6-7-17(22)18(23)11-14;2*1-2/h3-7,10-11,16,22-23H,8-9,12H2,1-2H3;2*1-2H3. The number of carbonyl (C=O) groups excluding carboxylic acids is 1. The van der Waals surface area contributed by atoms with Crippen molar-refractivity contribution in [1.82, 2.24) is 4.90 Å². The Morgan fingerprint density at radius 3 is 2.28 bits per heavy atom. The van der Waals surface area contributed by atoms with E-state index in [0.717, 1.165) is 11.1 Å². The van der Waals surface area contributed by atoms with Gasteiger partial charge in [-0.2, -0.15) is 0 Å². The number of phenolic OH excluding ortho intramolecular Hbond substituents is 2. The van der Waals surface area contributed by atoms with Crippen LogP contribution in [0.15, 0.2) is 42.5 Å². The van der Waals surface area contributed by atoms with E-state index >= 15 is 0 Å². The first-order valence-corrected chi connectivity index (χ1v) is 10.3. The van der Waals surface area contributed by atoms with Crippen molar-refractivity contribution in [2.45, 2.75) is 47.0 Å². The van der Waals surface area contributed by atoms with Crippen LogP contribution in [0.2, 0.25) is 0 Å². The maximum Gasteiger partial charge on any atom is 0.253 e. The summed E-state index contributed by atoms with van der Waals surface area (Å²) in [6, 6.07) is 12.1. The van der Waals surface area contributed by atoms with E-state index in [4.69, 9.17) is 11.9 Å². The maximum atomic E-state index is 12.6. The number of halogens is 1. The predicted octanol–water partition coefficient (Wildman–Crippen LogP) is 5.87. The van der Waals surface area contributed by atoms with Gasteiger partial charge in [0.2, 0.25) is 0 Å². The van der Waals surface area contributed by atoms with E-state index in [2.05, 4.69) is 4.29 Å². The van der Waals surface area contributed by atoms with Crippen molar-refractivity contribution in [3.05, 3.63) is 59.2 Å². The number of likely N-dealkylation sites (N-methyl/N-ethyl adjacent to an activating group) is 1. The van der Waals surface area contributed by atoms with Gasteiger partial charge in [0, 0.05) is 25.1 Å². The van der Waals surface area contributed by atoms with Gasteiger partial charge in [-0.25, -0.2) is 0 Å². The largest absolute Gasteiger partial charge is 0.504 e. The molecule has 2 aromatic carbocycles. The molecule has 0 radical (unpaired) electrons. The lowest BCUT2D eigenvalue weighted by molar-refractivity contribution is 0.0782. The summed E-state index contributed by atoms with van der Waals surface area (Å²) in [7, 11) is 1.74. The fourth-order valence-electron chi connectivity index (χ4n) is 2.76. The van der Waals surface area contributed by atoms with E-state index in [1.165, 1.54) is 12.1 Å². The van der Waals surface area contributed by atoms with E-state index in [0.29, 0.717) is 25.1 Å². The molecule has 0 aliphatic heterocycles. The number of aromatic hydroxyl groups is 2. The normalized spacial score (nSPS) is 10.7. The summed E-state index contributed by atoms with van der Waals surface area (Å²) in [4.78, 5) is 14.3. The van der Waals surface area contributed by atoms with Crippen LogP contribution in [-0.2, 0) is 4.29 Å². The van der Waals surface area contributed by atoms with Crippen LogP contribution in [0.5, 0.6) is 11.5 Å². The SMILES string of the molecule is CC.CC.Cc1cccc(C(=O)N(C)CC(CCOCl)c2ccc(O)c(O)c2)c1. The molecule has 0 spiro atoms. The first kappa shape index (κ1) is 26.8. The molecule has 0 aliphatic carbocycles. The highest BCUT2D eigenvalue weighted by molar-refractivity contribution is 6.07. The average Bonchev–Trinajstić information content (AvgIpc) is 2.75. The lowest BCUT2D eigenvalue weighted by Gasteiger charge is -2.25. The predicted molar refractivity (Wildman–Crippen MR) is 120 cm³/mol. The van der Waals surface area contributed by atoms with Crippen LogP contribution >= 0.6 is 11.9 Å². The first-order chi connectivity index (χ1) is 13.9. The Labute approximate surface area is 180 Å². The second kappa shape index (κ2) is 14.7. The molecule has 1 amide bonds. The van der Waals surface area contributed by atoms with Crippen LogP contribution in [0.25, 0.3) is 0 Å². The molecule has 29 heavy (non-hydrogen) atoms. The van der Waals surface area contributed by atoms with Gasteiger partial charge in [0.1, 0.15) is 0 Å². The second-order valence-electron chi connectivity index (χ2n) is 6.10. The molecule has 2 aromatic rings. The third-order valence-electron chi connectivity index (χ3n) is 4.12. The summed E-state index contributed by atoms with van der Waals surface area (Å²) in [5.74, 6) is -0.547. The van der Waals surface area contributed by atoms with Gasteiger partial charge in [-0.1, -0.05) is 51.5 Å². The van der Waals surface area contributed by atoms with Crippen molar-refractivity contribution in [3.63, 3.8) is 0 Å². The van der Waals surface area contributed by atoms with Crippen molar-refractivity contribution < 1.29 is 19.3 Å². The van der Waals surface area contributed by atoms with Gasteiger partial charge < -0.3 is 15.1 Å². The van der Waals surface area contributed by atoms with Crippen LogP contribution < -0.4 is 0 Å². The molecule has 0 saturated carbocycles. The molecule has 5 nitrogen and oxygen atoms in total. The fraction of sp³-hybridized carbons (Fsp3) is 0.435. The minimum atomic E-state index is -0.193. The quantitative estimate of drug-likeness (QED) is 0.546. The zero-order valence-corrected chi connectivity index (χ0v) is 19.0. The van der Waals surface area contributed by atoms with Gasteiger partial charge in [0.05, 0.1) is 18.5 Å². The average molecular weight is 424 g/mol. The molecule has 6 heteroatoms. The molecule has 0 fully saturated rings. The molecule has 0 bridgehead atoms. The summed E-state index contributed by atoms with van der Waals surface area (Å²) >= 11 is 5.33. The summed E-state index contributed by atoms with van der Waals surface area (Å²) in [5, 5.41) is 19.2. The van der Waals surface area contributed by atoms with Gasteiger partial charge in [0.25, 0.3) is 5.91 Å². The lowest BCUT2D eigenvalue weighted by Crippen LogP contribution is -2.31. The Hall–Kier alpha value is -2.24. The van der Waals surface area contributed by atoms with Crippen LogP contribution in [0.1, 0.15) is 61.5 Å². The molecule has 0 aliphatic rings. The van der Waals surface area contributed by atoms with E-state index in [1.807, 2.05) is 52.8 Å². The lowest BCUT2D eigenvalue weighted by atomic mass is 9.94. The van der Waals surface area contributed by atoms with Crippen molar-refractivity contribution in [1.29, 1.82) is 0 Å². The van der Waals surface area contributed by atoms with Gasteiger partial charge >= 0.3 is 0 Å². The van der Waals surface area contributed by atoms with Gasteiger partial charge in [-0.15, -0.1) is 0 Å². The topological polar surface area (TPSA) is 70.0 Å². The number of nitrogens with zero attached hydrogens (tertiary/aromatic N) is 1. The summed E-state index contributed by atoms with van der Waals surface area (Å²) in [6.07, 6.45) is 0.569. The molecule has 0 aromatic heterocycles. The van der Waals surface area contributed by atoms with Crippen LogP contribution in [0.3, 0.4) is 0 Å². The van der Waals surface area contributed by atoms with Crippen molar-refractivity contribution >= 4 is 17.8 Å². The third kappa shape index (κ3) is 8.75. The minimum Gasteiger partial charge on any atom is -0.504 e. The van der Waals surface area contributed by atoms with Crippen LogP contribution in [0.4, 0.5) is 0 Å².